The quantitative estimate of drug-likeness (QED) is 0.915. The van der Waals surface area contributed by atoms with Crippen LogP contribution in [0.3, 0.4) is 0 Å². The van der Waals surface area contributed by atoms with Gasteiger partial charge in [-0.1, -0.05) is 12.1 Å². The maximum atomic E-state index is 10.2. The fourth-order valence-corrected chi connectivity index (χ4v) is 3.02. The van der Waals surface area contributed by atoms with Crippen LogP contribution in [-0.4, -0.2) is 19.0 Å². The van der Waals surface area contributed by atoms with E-state index in [2.05, 4.69) is 0 Å². The summed E-state index contributed by atoms with van der Waals surface area (Å²) in [4.78, 5) is 0. The molecule has 0 amide bonds. The monoisotopic (exact) mass is 312 g/mol. The molecule has 5 nitrogen and oxygen atoms in total. The first kappa shape index (κ1) is 13.8. The van der Waals surface area contributed by atoms with Crippen molar-refractivity contribution in [3.8, 4) is 23.0 Å². The first-order valence-corrected chi connectivity index (χ1v) is 7.32. The van der Waals surface area contributed by atoms with Gasteiger partial charge in [0.15, 0.2) is 11.5 Å². The first-order chi connectivity index (χ1) is 11.2. The first-order valence-electron chi connectivity index (χ1n) is 7.32. The van der Waals surface area contributed by atoms with Gasteiger partial charge in [0, 0.05) is 23.1 Å². The smallest absolute Gasteiger partial charge is 0.282 e. The lowest BCUT2D eigenvalue weighted by Crippen LogP contribution is -2.15. The molecule has 0 spiro atoms. The van der Waals surface area contributed by atoms with Gasteiger partial charge in [-0.25, -0.2) is 0 Å². The zero-order valence-corrected chi connectivity index (χ0v) is 12.8. The number of rotatable bonds is 2. The van der Waals surface area contributed by atoms with Crippen molar-refractivity contribution in [1.29, 1.82) is 0 Å². The lowest BCUT2D eigenvalue weighted by molar-refractivity contribution is 0.173. The lowest BCUT2D eigenvalue weighted by Gasteiger charge is -2.27. The number of fused-ring (bicyclic) bond motifs is 2. The maximum absolute atomic E-state index is 10.2. The molecule has 0 radical (unpaired) electrons. The van der Waals surface area contributed by atoms with E-state index in [1.165, 1.54) is 0 Å². The minimum atomic E-state index is -0.112. The van der Waals surface area contributed by atoms with Crippen LogP contribution in [0.1, 0.15) is 24.0 Å². The Balaban J connectivity index is 1.85. The molecule has 4 rings (SSSR count). The van der Waals surface area contributed by atoms with Crippen LogP contribution in [0.5, 0.6) is 23.0 Å². The van der Waals surface area contributed by atoms with Crippen LogP contribution in [0.25, 0.3) is 0 Å². The van der Waals surface area contributed by atoms with Crippen LogP contribution in [-0.2, 0) is 0 Å². The standard InChI is InChI=1S/C18H16O5/c1-10-17(11-3-5-12(20-2)6-4-11)13-7-15-16(22-9-21-15)8-14(13)23-18(10)19/h3-8,17,19H,9H2,1-2H3. The molecule has 0 saturated heterocycles. The third-order valence-corrected chi connectivity index (χ3v) is 4.24. The molecule has 0 aromatic heterocycles. The number of hydrogen-bond acceptors (Lipinski definition) is 5. The van der Waals surface area contributed by atoms with Crippen molar-refractivity contribution < 1.29 is 24.1 Å². The molecule has 2 aromatic carbocycles. The Morgan fingerprint density at radius 2 is 1.74 bits per heavy atom. The minimum Gasteiger partial charge on any atom is -0.497 e. The van der Waals surface area contributed by atoms with E-state index in [4.69, 9.17) is 18.9 Å². The van der Waals surface area contributed by atoms with Crippen molar-refractivity contribution in [2.24, 2.45) is 0 Å². The molecule has 0 fully saturated rings. The van der Waals surface area contributed by atoms with Crippen molar-refractivity contribution in [3.63, 3.8) is 0 Å². The van der Waals surface area contributed by atoms with Crippen molar-refractivity contribution in [3.05, 3.63) is 59.0 Å². The molecule has 2 heterocycles. The molecule has 1 atom stereocenters. The minimum absolute atomic E-state index is 0.0721. The summed E-state index contributed by atoms with van der Waals surface area (Å²) in [6, 6.07) is 11.5. The van der Waals surface area contributed by atoms with Gasteiger partial charge in [0.05, 0.1) is 7.11 Å². The fourth-order valence-electron chi connectivity index (χ4n) is 3.02. The van der Waals surface area contributed by atoms with Crippen molar-refractivity contribution >= 4 is 0 Å². The van der Waals surface area contributed by atoms with Crippen LogP contribution >= 0.6 is 0 Å². The summed E-state index contributed by atoms with van der Waals surface area (Å²) >= 11 is 0. The molecule has 2 aromatic rings. The highest BCUT2D eigenvalue weighted by Crippen LogP contribution is 2.48. The average molecular weight is 312 g/mol. The van der Waals surface area contributed by atoms with Gasteiger partial charge in [0.2, 0.25) is 6.79 Å². The van der Waals surface area contributed by atoms with E-state index in [0.717, 1.165) is 22.4 Å². The summed E-state index contributed by atoms with van der Waals surface area (Å²) in [7, 11) is 1.64. The normalized spacial score (nSPS) is 18.4. The zero-order chi connectivity index (χ0) is 16.0. The largest absolute Gasteiger partial charge is 0.497 e. The van der Waals surface area contributed by atoms with Crippen LogP contribution in [0.2, 0.25) is 0 Å². The summed E-state index contributed by atoms with van der Waals surface area (Å²) in [5.41, 5.74) is 2.73. The Labute approximate surface area is 133 Å². The number of benzene rings is 2. The van der Waals surface area contributed by atoms with Gasteiger partial charge in [-0.3, -0.25) is 0 Å². The molecule has 2 aliphatic rings. The van der Waals surface area contributed by atoms with Gasteiger partial charge >= 0.3 is 0 Å². The molecular formula is C18H16O5. The van der Waals surface area contributed by atoms with E-state index >= 15 is 0 Å². The van der Waals surface area contributed by atoms with E-state index in [9.17, 15) is 5.11 Å². The predicted octanol–water partition coefficient (Wildman–Crippen LogP) is 3.74. The zero-order valence-electron chi connectivity index (χ0n) is 12.8. The predicted molar refractivity (Wildman–Crippen MR) is 83.4 cm³/mol. The van der Waals surface area contributed by atoms with E-state index in [0.29, 0.717) is 17.2 Å². The number of aliphatic hydroxyl groups is 1. The van der Waals surface area contributed by atoms with Gasteiger partial charge in [-0.2, -0.15) is 0 Å². The van der Waals surface area contributed by atoms with Crippen LogP contribution in [0.4, 0.5) is 0 Å². The van der Waals surface area contributed by atoms with Crippen LogP contribution in [0, 0.1) is 0 Å². The van der Waals surface area contributed by atoms with Crippen LogP contribution in [0.15, 0.2) is 47.9 Å². The Morgan fingerprint density at radius 3 is 2.43 bits per heavy atom. The summed E-state index contributed by atoms with van der Waals surface area (Å²) < 4.78 is 21.6. The highest BCUT2D eigenvalue weighted by molar-refractivity contribution is 5.59. The van der Waals surface area contributed by atoms with E-state index in [-0.39, 0.29) is 18.7 Å². The number of aliphatic hydroxyl groups excluding tert-OH is 1. The molecule has 23 heavy (non-hydrogen) atoms. The lowest BCUT2D eigenvalue weighted by atomic mass is 9.84. The van der Waals surface area contributed by atoms with Crippen molar-refractivity contribution in [1.82, 2.24) is 0 Å². The molecule has 1 unspecified atom stereocenters. The highest BCUT2D eigenvalue weighted by Gasteiger charge is 2.31. The van der Waals surface area contributed by atoms with Gasteiger partial charge in [-0.15, -0.1) is 0 Å². The average Bonchev–Trinajstić information content (AvgIpc) is 3.02. The third kappa shape index (κ3) is 2.16. The van der Waals surface area contributed by atoms with Crippen molar-refractivity contribution in [2.45, 2.75) is 12.8 Å². The van der Waals surface area contributed by atoms with Gasteiger partial charge in [0.1, 0.15) is 11.5 Å². The number of ether oxygens (including phenoxy) is 4. The Bertz CT molecular complexity index is 792. The number of methoxy groups -OCH3 is 1. The van der Waals surface area contributed by atoms with Crippen molar-refractivity contribution in [2.75, 3.05) is 13.9 Å². The molecule has 0 bridgehead atoms. The summed E-state index contributed by atoms with van der Waals surface area (Å²) in [5, 5.41) is 10.2. The van der Waals surface area contributed by atoms with Gasteiger partial charge in [0.25, 0.3) is 5.95 Å². The molecule has 0 saturated carbocycles. The van der Waals surface area contributed by atoms with Gasteiger partial charge in [-0.05, 0) is 30.7 Å². The fraction of sp³-hybridized carbons (Fsp3) is 0.222. The second kappa shape index (κ2) is 5.12. The molecule has 1 N–H and O–H groups in total. The maximum Gasteiger partial charge on any atom is 0.282 e. The summed E-state index contributed by atoms with van der Waals surface area (Å²) in [5.74, 6) is 2.51. The second-order valence-corrected chi connectivity index (χ2v) is 5.54. The topological polar surface area (TPSA) is 57.2 Å². The Kier molecular flexibility index (Phi) is 3.08. The number of allylic oxidation sites excluding steroid dienone is 1. The van der Waals surface area contributed by atoms with E-state index in [1.807, 2.05) is 37.3 Å². The van der Waals surface area contributed by atoms with Gasteiger partial charge < -0.3 is 24.1 Å². The molecular weight excluding hydrogens is 296 g/mol. The number of hydrogen-bond donors (Lipinski definition) is 1. The summed E-state index contributed by atoms with van der Waals surface area (Å²) in [6.45, 7) is 2.06. The molecule has 118 valence electrons. The summed E-state index contributed by atoms with van der Waals surface area (Å²) in [6.07, 6.45) is 0. The second-order valence-electron chi connectivity index (χ2n) is 5.54. The Hall–Kier alpha value is -2.82. The molecule has 0 aliphatic carbocycles. The highest BCUT2D eigenvalue weighted by atomic mass is 16.7. The Morgan fingerprint density at radius 1 is 1.04 bits per heavy atom. The SMILES string of the molecule is COc1ccc(C2C(C)=C(O)Oc3cc4c(cc32)OCO4)cc1. The van der Waals surface area contributed by atoms with E-state index < -0.39 is 0 Å². The molecule has 2 aliphatic heterocycles. The van der Waals surface area contributed by atoms with Crippen LogP contribution < -0.4 is 18.9 Å². The van der Waals surface area contributed by atoms with E-state index in [1.54, 1.807) is 13.2 Å². The third-order valence-electron chi connectivity index (χ3n) is 4.24. The molecule has 5 heteroatoms.